The van der Waals surface area contributed by atoms with E-state index in [4.69, 9.17) is 14.2 Å². The summed E-state index contributed by atoms with van der Waals surface area (Å²) < 4.78 is 16.4. The van der Waals surface area contributed by atoms with Gasteiger partial charge in [-0.1, -0.05) is 30.3 Å². The van der Waals surface area contributed by atoms with Gasteiger partial charge in [-0.2, -0.15) is 0 Å². The quantitative estimate of drug-likeness (QED) is 0.810. The van der Waals surface area contributed by atoms with Gasteiger partial charge < -0.3 is 19.1 Å². The maximum atomic E-state index is 5.53. The van der Waals surface area contributed by atoms with Crippen LogP contribution in [0.4, 0.5) is 0 Å². The lowest BCUT2D eigenvalue weighted by Crippen LogP contribution is -2.20. The highest BCUT2D eigenvalue weighted by Gasteiger charge is 2.19. The van der Waals surface area contributed by atoms with Crippen LogP contribution in [0.25, 0.3) is 12.2 Å². The Morgan fingerprint density at radius 3 is 2.28 bits per heavy atom. The molecule has 4 heteroatoms. The molecule has 0 aliphatic carbocycles. The van der Waals surface area contributed by atoms with Crippen molar-refractivity contribution in [3.8, 4) is 17.2 Å². The summed E-state index contributed by atoms with van der Waals surface area (Å²) >= 11 is 0. The molecule has 2 aromatic carbocycles. The molecule has 130 valence electrons. The molecule has 0 fully saturated rings. The summed E-state index contributed by atoms with van der Waals surface area (Å²) in [6, 6.07) is 12.3. The first kappa shape index (κ1) is 17.0. The van der Waals surface area contributed by atoms with Crippen molar-refractivity contribution >= 4 is 12.2 Å². The zero-order valence-electron chi connectivity index (χ0n) is 15.0. The number of rotatable bonds is 5. The van der Waals surface area contributed by atoms with Gasteiger partial charge in [-0.05, 0) is 23.3 Å². The van der Waals surface area contributed by atoms with Crippen molar-refractivity contribution in [2.24, 2.45) is 0 Å². The first-order valence-corrected chi connectivity index (χ1v) is 8.15. The van der Waals surface area contributed by atoms with Crippen molar-refractivity contribution in [1.29, 1.82) is 0 Å². The maximum absolute atomic E-state index is 5.53. The molecule has 1 atom stereocenters. The molecule has 1 aliphatic rings. The summed E-state index contributed by atoms with van der Waals surface area (Å²) in [6.45, 7) is 0. The van der Waals surface area contributed by atoms with Crippen molar-refractivity contribution in [1.82, 2.24) is 4.90 Å². The second-order valence-electron chi connectivity index (χ2n) is 5.86. The fraction of sp³-hybridized carbons (Fsp3) is 0.238. The van der Waals surface area contributed by atoms with Gasteiger partial charge in [-0.25, -0.2) is 0 Å². The van der Waals surface area contributed by atoms with Crippen molar-refractivity contribution in [2.45, 2.75) is 6.04 Å². The lowest BCUT2D eigenvalue weighted by molar-refractivity contribution is 0.373. The minimum absolute atomic E-state index is 0.151. The van der Waals surface area contributed by atoms with Gasteiger partial charge in [-0.3, -0.25) is 0 Å². The lowest BCUT2D eigenvalue weighted by atomic mass is 9.95. The first-order valence-electron chi connectivity index (χ1n) is 8.15. The number of fused-ring (bicyclic) bond motifs is 1. The summed E-state index contributed by atoms with van der Waals surface area (Å²) in [6.07, 6.45) is 8.44. The predicted molar refractivity (Wildman–Crippen MR) is 101 cm³/mol. The summed E-state index contributed by atoms with van der Waals surface area (Å²) in [4.78, 5) is 2.18. The molecule has 0 N–H and O–H groups in total. The molecule has 25 heavy (non-hydrogen) atoms. The van der Waals surface area contributed by atoms with Crippen LogP contribution >= 0.6 is 0 Å². The molecule has 2 aromatic rings. The van der Waals surface area contributed by atoms with Crippen LogP contribution in [0.5, 0.6) is 17.2 Å². The third-order valence-electron chi connectivity index (χ3n) is 4.44. The Morgan fingerprint density at radius 2 is 1.64 bits per heavy atom. The molecule has 4 nitrogen and oxygen atoms in total. The molecular weight excluding hydrogens is 314 g/mol. The fourth-order valence-corrected chi connectivity index (χ4v) is 3.07. The van der Waals surface area contributed by atoms with Crippen molar-refractivity contribution in [3.05, 3.63) is 65.4 Å². The van der Waals surface area contributed by atoms with Gasteiger partial charge in [0.15, 0.2) is 0 Å². The molecule has 3 rings (SSSR count). The normalized spacial score (nSPS) is 16.0. The van der Waals surface area contributed by atoms with E-state index in [-0.39, 0.29) is 6.04 Å². The Balaban J connectivity index is 2.01. The Hall–Kier alpha value is -2.88. The number of methoxy groups -OCH3 is 3. The Morgan fingerprint density at radius 1 is 0.960 bits per heavy atom. The molecule has 0 saturated heterocycles. The third kappa shape index (κ3) is 3.33. The fourth-order valence-electron chi connectivity index (χ4n) is 3.07. The van der Waals surface area contributed by atoms with Gasteiger partial charge in [0.05, 0.1) is 32.9 Å². The summed E-state index contributed by atoms with van der Waals surface area (Å²) in [5, 5.41) is 0. The number of nitrogens with zero attached hydrogens (tertiary/aromatic N) is 1. The summed E-state index contributed by atoms with van der Waals surface area (Å²) in [5.74, 6) is 2.14. The van der Waals surface area contributed by atoms with Crippen LogP contribution in [-0.4, -0.2) is 33.3 Å². The smallest absolute Gasteiger partial charge is 0.133 e. The summed E-state index contributed by atoms with van der Waals surface area (Å²) in [5.41, 5.74) is 3.41. The number of hydrogen-bond acceptors (Lipinski definition) is 4. The number of likely N-dealkylation sites (N-methyl/N-ethyl adjacent to an activating group) is 1. The standard InChI is InChI=1S/C21H23NO3/c1-22-12-11-15-7-5-6-8-17(15)19(22)10-9-18-20(24-3)13-16(23-2)14-21(18)25-4/h5-14,19H,1-4H3/b10-9+. The Bertz CT molecular complexity index is 786. The van der Waals surface area contributed by atoms with E-state index in [9.17, 15) is 0 Å². The highest BCUT2D eigenvalue weighted by Crippen LogP contribution is 2.37. The monoisotopic (exact) mass is 337 g/mol. The molecule has 0 saturated carbocycles. The van der Waals surface area contributed by atoms with Gasteiger partial charge in [-0.15, -0.1) is 0 Å². The topological polar surface area (TPSA) is 30.9 Å². The van der Waals surface area contributed by atoms with E-state index in [0.717, 1.165) is 17.1 Å². The first-order chi connectivity index (χ1) is 12.2. The minimum Gasteiger partial charge on any atom is -0.496 e. The van der Waals surface area contributed by atoms with Crippen LogP contribution in [0.1, 0.15) is 22.7 Å². The van der Waals surface area contributed by atoms with E-state index < -0.39 is 0 Å². The third-order valence-corrected chi connectivity index (χ3v) is 4.44. The molecule has 1 heterocycles. The highest BCUT2D eigenvalue weighted by atomic mass is 16.5. The number of hydrogen-bond donors (Lipinski definition) is 0. The number of benzene rings is 2. The largest absolute Gasteiger partial charge is 0.496 e. The van der Waals surface area contributed by atoms with Crippen LogP contribution < -0.4 is 14.2 Å². The molecule has 0 amide bonds. The second-order valence-corrected chi connectivity index (χ2v) is 5.86. The average Bonchev–Trinajstić information content (AvgIpc) is 2.66. The molecule has 0 bridgehead atoms. The highest BCUT2D eigenvalue weighted by molar-refractivity contribution is 5.68. The van der Waals surface area contributed by atoms with Gasteiger partial charge in [0.25, 0.3) is 0 Å². The van der Waals surface area contributed by atoms with Crippen molar-refractivity contribution in [2.75, 3.05) is 28.4 Å². The lowest BCUT2D eigenvalue weighted by Gasteiger charge is -2.29. The van der Waals surface area contributed by atoms with Crippen molar-refractivity contribution in [3.63, 3.8) is 0 Å². The minimum atomic E-state index is 0.151. The van der Waals surface area contributed by atoms with Crippen LogP contribution in [0.15, 0.2) is 48.7 Å². The van der Waals surface area contributed by atoms with Crippen LogP contribution in [0.2, 0.25) is 0 Å². The van der Waals surface area contributed by atoms with E-state index in [1.165, 1.54) is 11.1 Å². The number of ether oxygens (including phenoxy) is 3. The van der Waals surface area contributed by atoms with E-state index in [0.29, 0.717) is 5.75 Å². The van der Waals surface area contributed by atoms with Crippen LogP contribution in [-0.2, 0) is 0 Å². The van der Waals surface area contributed by atoms with Crippen molar-refractivity contribution < 1.29 is 14.2 Å². The van der Waals surface area contributed by atoms with E-state index in [1.807, 2.05) is 18.2 Å². The summed E-state index contributed by atoms with van der Waals surface area (Å²) in [7, 11) is 7.00. The average molecular weight is 337 g/mol. The molecule has 0 spiro atoms. The second kappa shape index (κ2) is 7.34. The SMILES string of the molecule is COc1cc(OC)c(/C=C/C2c3ccccc3C=CN2C)c(OC)c1. The predicted octanol–water partition coefficient (Wildman–Crippen LogP) is 4.38. The zero-order valence-corrected chi connectivity index (χ0v) is 15.0. The van der Waals surface area contributed by atoms with E-state index >= 15 is 0 Å². The Kier molecular flexibility index (Phi) is 4.98. The Labute approximate surface area is 148 Å². The van der Waals surface area contributed by atoms with Gasteiger partial charge >= 0.3 is 0 Å². The zero-order chi connectivity index (χ0) is 17.8. The van der Waals surface area contributed by atoms with Gasteiger partial charge in [0.2, 0.25) is 0 Å². The molecule has 0 radical (unpaired) electrons. The maximum Gasteiger partial charge on any atom is 0.133 e. The molecule has 1 unspecified atom stereocenters. The van der Waals surface area contributed by atoms with Gasteiger partial charge in [0, 0.05) is 25.4 Å². The van der Waals surface area contributed by atoms with Crippen LogP contribution in [0.3, 0.4) is 0 Å². The molecule has 0 aromatic heterocycles. The molecular formula is C21H23NO3. The van der Waals surface area contributed by atoms with Crippen LogP contribution in [0, 0.1) is 0 Å². The van der Waals surface area contributed by atoms with Gasteiger partial charge in [0.1, 0.15) is 17.2 Å². The molecule has 1 aliphatic heterocycles. The van der Waals surface area contributed by atoms with E-state index in [2.05, 4.69) is 54.6 Å². The van der Waals surface area contributed by atoms with E-state index in [1.54, 1.807) is 21.3 Å².